The predicted octanol–water partition coefficient (Wildman–Crippen LogP) is 4.84. The number of allylic oxidation sites excluding steroid dienone is 1. The molecule has 0 atom stereocenters. The topological polar surface area (TPSA) is 15.3 Å². The lowest BCUT2D eigenvalue weighted by atomic mass is 10.0. The number of nitrogens with one attached hydrogen (secondary N) is 1. The molecule has 1 fully saturated rings. The molecule has 20 heavy (non-hydrogen) atoms. The van der Waals surface area contributed by atoms with Crippen LogP contribution in [-0.2, 0) is 0 Å². The van der Waals surface area contributed by atoms with Gasteiger partial charge in [0.25, 0.3) is 0 Å². The first-order valence-electron chi connectivity index (χ1n) is 7.11. The Bertz CT molecular complexity index is 453. The number of hydrogen-bond acceptors (Lipinski definition) is 2. The van der Waals surface area contributed by atoms with Crippen LogP contribution in [0.4, 0.5) is 5.69 Å². The number of rotatable bonds is 4. The van der Waals surface area contributed by atoms with E-state index in [2.05, 4.69) is 30.1 Å². The Morgan fingerprint density at radius 3 is 2.35 bits per heavy atom. The van der Waals surface area contributed by atoms with Crippen LogP contribution in [0.15, 0.2) is 29.8 Å². The van der Waals surface area contributed by atoms with Crippen molar-refractivity contribution in [2.24, 2.45) is 0 Å². The van der Waals surface area contributed by atoms with Gasteiger partial charge in [-0.2, -0.15) is 0 Å². The summed E-state index contributed by atoms with van der Waals surface area (Å²) < 4.78 is 0. The monoisotopic (exact) mass is 312 g/mol. The van der Waals surface area contributed by atoms with Gasteiger partial charge >= 0.3 is 0 Å². The molecule has 2 nitrogen and oxygen atoms in total. The summed E-state index contributed by atoms with van der Waals surface area (Å²) in [6, 6.07) is 6.13. The third-order valence-electron chi connectivity index (χ3n) is 3.58. The predicted molar refractivity (Wildman–Crippen MR) is 89.0 cm³/mol. The molecule has 0 amide bonds. The van der Waals surface area contributed by atoms with E-state index < -0.39 is 0 Å². The Balaban J connectivity index is 1.83. The molecule has 0 bridgehead atoms. The average Bonchev–Trinajstić information content (AvgIpc) is 2.36. The Labute approximate surface area is 131 Å². The number of anilines is 1. The molecule has 1 aromatic carbocycles. The van der Waals surface area contributed by atoms with E-state index in [0.717, 1.165) is 38.2 Å². The standard InChI is InChI=1S/C16H22Cl2N2/c1-12(2)3-6-20-7-4-15(5-8-20)19-16-10-13(17)9-14(18)11-16/h3,9-11,15,19H,4-8H2,1-2H3. The summed E-state index contributed by atoms with van der Waals surface area (Å²) in [5.41, 5.74) is 2.41. The number of likely N-dealkylation sites (tertiary alicyclic amines) is 1. The summed E-state index contributed by atoms with van der Waals surface area (Å²) in [6.07, 6.45) is 4.60. The molecule has 0 spiro atoms. The normalized spacial score (nSPS) is 17.0. The van der Waals surface area contributed by atoms with E-state index in [0.29, 0.717) is 16.1 Å². The third kappa shape index (κ3) is 5.01. The molecular weight excluding hydrogens is 291 g/mol. The fourth-order valence-corrected chi connectivity index (χ4v) is 2.97. The van der Waals surface area contributed by atoms with Gasteiger partial charge in [0, 0.05) is 41.4 Å². The van der Waals surface area contributed by atoms with Crippen LogP contribution in [0, 0.1) is 0 Å². The molecule has 1 aliphatic rings. The molecule has 0 saturated carbocycles. The van der Waals surface area contributed by atoms with Crippen molar-refractivity contribution < 1.29 is 0 Å². The third-order valence-corrected chi connectivity index (χ3v) is 4.02. The SMILES string of the molecule is CC(C)=CCN1CCC(Nc2cc(Cl)cc(Cl)c2)CC1. The van der Waals surface area contributed by atoms with Crippen LogP contribution in [0.25, 0.3) is 0 Å². The van der Waals surface area contributed by atoms with Crippen molar-refractivity contribution in [1.82, 2.24) is 4.90 Å². The van der Waals surface area contributed by atoms with Crippen molar-refractivity contribution in [3.63, 3.8) is 0 Å². The highest BCUT2D eigenvalue weighted by Crippen LogP contribution is 2.24. The average molecular weight is 313 g/mol. The van der Waals surface area contributed by atoms with Crippen LogP contribution in [-0.4, -0.2) is 30.6 Å². The molecule has 0 radical (unpaired) electrons. The Kier molecular flexibility index (Phi) is 5.76. The molecule has 1 aromatic rings. The van der Waals surface area contributed by atoms with E-state index >= 15 is 0 Å². The Morgan fingerprint density at radius 2 is 1.80 bits per heavy atom. The lowest BCUT2D eigenvalue weighted by Crippen LogP contribution is -2.39. The maximum atomic E-state index is 6.02. The molecule has 2 rings (SSSR count). The zero-order valence-electron chi connectivity index (χ0n) is 12.1. The van der Waals surface area contributed by atoms with Gasteiger partial charge in [0.1, 0.15) is 0 Å². The van der Waals surface area contributed by atoms with Gasteiger partial charge in [-0.25, -0.2) is 0 Å². The number of nitrogens with zero attached hydrogens (tertiary/aromatic N) is 1. The summed E-state index contributed by atoms with van der Waals surface area (Å²) in [4.78, 5) is 2.50. The van der Waals surface area contributed by atoms with Crippen molar-refractivity contribution in [2.45, 2.75) is 32.7 Å². The van der Waals surface area contributed by atoms with Gasteiger partial charge in [-0.3, -0.25) is 4.90 Å². The quantitative estimate of drug-likeness (QED) is 0.801. The Hall–Kier alpha value is -0.700. The number of piperidine rings is 1. The maximum Gasteiger partial charge on any atom is 0.0441 e. The summed E-state index contributed by atoms with van der Waals surface area (Å²) in [6.45, 7) is 7.64. The fourth-order valence-electron chi connectivity index (χ4n) is 2.44. The fraction of sp³-hybridized carbons (Fsp3) is 0.500. The minimum Gasteiger partial charge on any atom is -0.382 e. The van der Waals surface area contributed by atoms with Crippen LogP contribution in [0.1, 0.15) is 26.7 Å². The minimum atomic E-state index is 0.507. The van der Waals surface area contributed by atoms with Crippen molar-refractivity contribution in [1.29, 1.82) is 0 Å². The van der Waals surface area contributed by atoms with E-state index in [9.17, 15) is 0 Å². The van der Waals surface area contributed by atoms with E-state index in [1.54, 1.807) is 6.07 Å². The van der Waals surface area contributed by atoms with Gasteiger partial charge in [-0.15, -0.1) is 0 Å². The first kappa shape index (κ1) is 15.7. The molecule has 1 heterocycles. The van der Waals surface area contributed by atoms with Gasteiger partial charge in [-0.05, 0) is 44.9 Å². The summed E-state index contributed by atoms with van der Waals surface area (Å²) in [5, 5.41) is 4.90. The zero-order chi connectivity index (χ0) is 14.5. The molecule has 0 unspecified atom stereocenters. The molecule has 0 aromatic heterocycles. The van der Waals surface area contributed by atoms with Crippen LogP contribution in [0.3, 0.4) is 0 Å². The molecule has 0 aliphatic carbocycles. The second kappa shape index (κ2) is 7.35. The number of hydrogen-bond donors (Lipinski definition) is 1. The summed E-state index contributed by atoms with van der Waals surface area (Å²) in [5.74, 6) is 0. The maximum absolute atomic E-state index is 6.02. The van der Waals surface area contributed by atoms with Gasteiger partial charge < -0.3 is 5.32 Å². The van der Waals surface area contributed by atoms with E-state index in [4.69, 9.17) is 23.2 Å². The highest BCUT2D eigenvalue weighted by atomic mass is 35.5. The van der Waals surface area contributed by atoms with Crippen molar-refractivity contribution in [2.75, 3.05) is 25.0 Å². The van der Waals surface area contributed by atoms with Gasteiger partial charge in [0.05, 0.1) is 0 Å². The summed E-state index contributed by atoms with van der Waals surface area (Å²) >= 11 is 12.0. The molecule has 1 N–H and O–H groups in total. The lowest BCUT2D eigenvalue weighted by Gasteiger charge is -2.32. The van der Waals surface area contributed by atoms with Crippen LogP contribution < -0.4 is 5.32 Å². The zero-order valence-corrected chi connectivity index (χ0v) is 13.6. The van der Waals surface area contributed by atoms with E-state index in [1.165, 1.54) is 5.57 Å². The van der Waals surface area contributed by atoms with Crippen molar-refractivity contribution in [3.05, 3.63) is 39.9 Å². The number of halogens is 2. The first-order chi connectivity index (χ1) is 9.52. The molecule has 110 valence electrons. The Morgan fingerprint density at radius 1 is 1.20 bits per heavy atom. The molecular formula is C16H22Cl2N2. The molecule has 4 heteroatoms. The van der Waals surface area contributed by atoms with Crippen LogP contribution in [0.5, 0.6) is 0 Å². The smallest absolute Gasteiger partial charge is 0.0441 e. The second-order valence-electron chi connectivity index (χ2n) is 5.66. The van der Waals surface area contributed by atoms with Gasteiger partial charge in [0.2, 0.25) is 0 Å². The minimum absolute atomic E-state index is 0.507. The number of benzene rings is 1. The molecule has 1 saturated heterocycles. The highest BCUT2D eigenvalue weighted by Gasteiger charge is 2.18. The lowest BCUT2D eigenvalue weighted by molar-refractivity contribution is 0.240. The van der Waals surface area contributed by atoms with E-state index in [-0.39, 0.29) is 0 Å². The first-order valence-corrected chi connectivity index (χ1v) is 7.87. The van der Waals surface area contributed by atoms with Gasteiger partial charge in [0.15, 0.2) is 0 Å². The van der Waals surface area contributed by atoms with Crippen molar-refractivity contribution in [3.8, 4) is 0 Å². The van der Waals surface area contributed by atoms with Gasteiger partial charge in [-0.1, -0.05) is 34.9 Å². The summed E-state index contributed by atoms with van der Waals surface area (Å²) in [7, 11) is 0. The van der Waals surface area contributed by atoms with Crippen LogP contribution >= 0.6 is 23.2 Å². The van der Waals surface area contributed by atoms with E-state index in [1.807, 2.05) is 12.1 Å². The highest BCUT2D eigenvalue weighted by molar-refractivity contribution is 6.35. The van der Waals surface area contributed by atoms with Crippen molar-refractivity contribution >= 4 is 28.9 Å². The largest absolute Gasteiger partial charge is 0.382 e. The molecule has 1 aliphatic heterocycles. The second-order valence-corrected chi connectivity index (χ2v) is 6.53. The van der Waals surface area contributed by atoms with Crippen LogP contribution in [0.2, 0.25) is 10.0 Å².